The summed E-state index contributed by atoms with van der Waals surface area (Å²) in [5.41, 5.74) is 16.3. The van der Waals surface area contributed by atoms with E-state index in [2.05, 4.69) is 20.9 Å². The molecule has 208 valence electrons. The van der Waals surface area contributed by atoms with Crippen LogP contribution in [0, 0.1) is 0 Å². The van der Waals surface area contributed by atoms with Crippen molar-refractivity contribution in [3.8, 4) is 5.75 Å². The molecule has 2 atom stereocenters. The number of aliphatic hydroxyl groups is 1. The lowest BCUT2D eigenvalue weighted by atomic mass is 9.85. The first-order chi connectivity index (χ1) is 19.4. The predicted octanol–water partition coefficient (Wildman–Crippen LogP) is 5.05. The van der Waals surface area contributed by atoms with Gasteiger partial charge in [-0.1, -0.05) is 53.1 Å². The standard InChI is InChI=1S/C29H31ClN6O4/c1-20-29(19-23-7-2-3-9-26(23)34-36-31,28(38)35-32-15-14-21-6-4-8-24(30)18-21)33-27(40-20)22-10-12-25(13-11-22)39-17-5-16-37/h2-4,6-13,18,20,32,37H,5,14-17,19H2,1H3,(H,35,38)/t20-,29-/m0/s1. The molecule has 0 saturated heterocycles. The Morgan fingerprint density at radius 2 is 2.00 bits per heavy atom. The van der Waals surface area contributed by atoms with Gasteiger partial charge in [0.1, 0.15) is 11.9 Å². The first-order valence-corrected chi connectivity index (χ1v) is 13.3. The number of azide groups is 1. The number of ether oxygens (including phenoxy) is 2. The Hall–Kier alpha value is -4.08. The number of nitrogens with one attached hydrogen (secondary N) is 2. The second-order valence-corrected chi connectivity index (χ2v) is 9.74. The summed E-state index contributed by atoms with van der Waals surface area (Å²) in [5, 5.41) is 13.4. The summed E-state index contributed by atoms with van der Waals surface area (Å²) in [6, 6.07) is 21.8. The molecule has 0 unspecified atom stereocenters. The van der Waals surface area contributed by atoms with Crippen molar-refractivity contribution in [1.29, 1.82) is 0 Å². The Labute approximate surface area is 237 Å². The second kappa shape index (κ2) is 13.8. The normalized spacial score (nSPS) is 17.9. The molecular weight excluding hydrogens is 532 g/mol. The number of aliphatic imine (C=N–C) groups is 1. The van der Waals surface area contributed by atoms with E-state index in [9.17, 15) is 4.79 Å². The molecule has 0 radical (unpaired) electrons. The lowest BCUT2D eigenvalue weighted by Gasteiger charge is -2.28. The average molecular weight is 563 g/mol. The van der Waals surface area contributed by atoms with E-state index in [1.54, 1.807) is 31.2 Å². The van der Waals surface area contributed by atoms with Gasteiger partial charge in [-0.3, -0.25) is 10.2 Å². The van der Waals surface area contributed by atoms with Crippen LogP contribution in [0.3, 0.4) is 0 Å². The van der Waals surface area contributed by atoms with Crippen molar-refractivity contribution >= 4 is 29.1 Å². The molecule has 0 saturated carbocycles. The molecule has 1 aliphatic rings. The minimum absolute atomic E-state index is 0.0586. The topological polar surface area (TPSA) is 141 Å². The van der Waals surface area contributed by atoms with E-state index in [1.807, 2.05) is 48.5 Å². The van der Waals surface area contributed by atoms with E-state index in [0.29, 0.717) is 59.5 Å². The van der Waals surface area contributed by atoms with Gasteiger partial charge < -0.3 is 14.6 Å². The number of nitrogens with zero attached hydrogens (tertiary/aromatic N) is 4. The van der Waals surface area contributed by atoms with E-state index >= 15 is 0 Å². The van der Waals surface area contributed by atoms with Crippen LogP contribution in [0.5, 0.6) is 5.75 Å². The van der Waals surface area contributed by atoms with Crippen LogP contribution in [-0.2, 0) is 22.4 Å². The third kappa shape index (κ3) is 7.11. The Morgan fingerprint density at radius 3 is 2.75 bits per heavy atom. The summed E-state index contributed by atoms with van der Waals surface area (Å²) < 4.78 is 11.8. The van der Waals surface area contributed by atoms with Gasteiger partial charge in [0.25, 0.3) is 5.91 Å². The van der Waals surface area contributed by atoms with E-state index < -0.39 is 11.6 Å². The van der Waals surface area contributed by atoms with Crippen molar-refractivity contribution in [3.63, 3.8) is 0 Å². The summed E-state index contributed by atoms with van der Waals surface area (Å²) in [5.74, 6) is 0.602. The Balaban J connectivity index is 1.57. The molecule has 1 amide bonds. The van der Waals surface area contributed by atoms with Crippen LogP contribution >= 0.6 is 11.6 Å². The number of rotatable bonds is 13. The van der Waals surface area contributed by atoms with Crippen molar-refractivity contribution in [2.75, 3.05) is 19.8 Å². The minimum atomic E-state index is -1.34. The highest BCUT2D eigenvalue weighted by molar-refractivity contribution is 6.30. The number of carbonyl (C=O) groups excluding carboxylic acids is 1. The number of amides is 1. The molecule has 0 bridgehead atoms. The van der Waals surface area contributed by atoms with E-state index in [4.69, 9.17) is 36.7 Å². The third-order valence-corrected chi connectivity index (χ3v) is 6.80. The number of hydrazine groups is 1. The highest BCUT2D eigenvalue weighted by Gasteiger charge is 2.50. The molecule has 40 heavy (non-hydrogen) atoms. The van der Waals surface area contributed by atoms with Crippen LogP contribution in [0.15, 0.2) is 82.9 Å². The average Bonchev–Trinajstić information content (AvgIpc) is 3.29. The number of benzene rings is 3. The van der Waals surface area contributed by atoms with E-state index in [-0.39, 0.29) is 18.9 Å². The van der Waals surface area contributed by atoms with Gasteiger partial charge in [-0.15, -0.1) is 0 Å². The summed E-state index contributed by atoms with van der Waals surface area (Å²) >= 11 is 6.08. The Bertz CT molecular complexity index is 1390. The molecule has 3 N–H and O–H groups in total. The van der Waals surface area contributed by atoms with Gasteiger partial charge in [0, 0.05) is 47.2 Å². The molecule has 3 aromatic rings. The van der Waals surface area contributed by atoms with Gasteiger partial charge >= 0.3 is 0 Å². The van der Waals surface area contributed by atoms with Crippen molar-refractivity contribution in [2.45, 2.75) is 37.8 Å². The summed E-state index contributed by atoms with van der Waals surface area (Å²) in [6.45, 7) is 2.73. The molecule has 3 aromatic carbocycles. The third-order valence-electron chi connectivity index (χ3n) is 6.56. The minimum Gasteiger partial charge on any atom is -0.494 e. The fourth-order valence-corrected chi connectivity index (χ4v) is 4.60. The summed E-state index contributed by atoms with van der Waals surface area (Å²) in [7, 11) is 0. The van der Waals surface area contributed by atoms with Crippen LogP contribution in [0.2, 0.25) is 5.02 Å². The van der Waals surface area contributed by atoms with Crippen LogP contribution < -0.4 is 15.6 Å². The quantitative estimate of drug-likeness (QED) is 0.0878. The zero-order chi connectivity index (χ0) is 28.4. The first kappa shape index (κ1) is 28.9. The number of carbonyl (C=O) groups is 1. The maximum atomic E-state index is 13.8. The Kier molecular flexibility index (Phi) is 9.99. The van der Waals surface area contributed by atoms with Crippen LogP contribution in [0.25, 0.3) is 10.4 Å². The zero-order valence-electron chi connectivity index (χ0n) is 22.1. The fourth-order valence-electron chi connectivity index (χ4n) is 4.39. The summed E-state index contributed by atoms with van der Waals surface area (Å²) in [4.78, 5) is 21.5. The largest absolute Gasteiger partial charge is 0.494 e. The van der Waals surface area contributed by atoms with Crippen LogP contribution in [0.1, 0.15) is 30.0 Å². The number of halogens is 1. The van der Waals surface area contributed by atoms with Gasteiger partial charge in [-0.2, -0.15) is 0 Å². The highest BCUT2D eigenvalue weighted by Crippen LogP contribution is 2.35. The molecular formula is C29H31ClN6O4. The van der Waals surface area contributed by atoms with Gasteiger partial charge in [-0.05, 0) is 66.4 Å². The monoisotopic (exact) mass is 562 g/mol. The van der Waals surface area contributed by atoms with Gasteiger partial charge in [-0.25, -0.2) is 10.4 Å². The number of hydrogen-bond donors (Lipinski definition) is 3. The van der Waals surface area contributed by atoms with Crippen molar-refractivity contribution < 1.29 is 19.4 Å². The second-order valence-electron chi connectivity index (χ2n) is 9.31. The first-order valence-electron chi connectivity index (χ1n) is 13.0. The van der Waals surface area contributed by atoms with Crippen molar-refractivity contribution in [3.05, 3.63) is 105 Å². The van der Waals surface area contributed by atoms with Crippen molar-refractivity contribution in [1.82, 2.24) is 10.9 Å². The molecule has 0 fully saturated rings. The fraction of sp³-hybridized carbons (Fsp3) is 0.310. The van der Waals surface area contributed by atoms with Crippen LogP contribution in [0.4, 0.5) is 5.69 Å². The number of aliphatic hydroxyl groups excluding tert-OH is 1. The molecule has 11 heteroatoms. The molecule has 0 aliphatic carbocycles. The molecule has 4 rings (SSSR count). The van der Waals surface area contributed by atoms with Gasteiger partial charge in [0.15, 0.2) is 5.54 Å². The molecule has 1 heterocycles. The summed E-state index contributed by atoms with van der Waals surface area (Å²) in [6.07, 6.45) is 0.714. The van der Waals surface area contributed by atoms with Gasteiger partial charge in [0.2, 0.25) is 5.90 Å². The highest BCUT2D eigenvalue weighted by atomic mass is 35.5. The van der Waals surface area contributed by atoms with Crippen LogP contribution in [-0.4, -0.2) is 48.3 Å². The zero-order valence-corrected chi connectivity index (χ0v) is 22.8. The molecule has 0 spiro atoms. The lowest BCUT2D eigenvalue weighted by Crippen LogP contribution is -2.56. The van der Waals surface area contributed by atoms with Gasteiger partial charge in [0.05, 0.1) is 6.61 Å². The molecule has 10 nitrogen and oxygen atoms in total. The Morgan fingerprint density at radius 1 is 1.20 bits per heavy atom. The molecule has 1 aliphatic heterocycles. The smallest absolute Gasteiger partial charge is 0.266 e. The number of hydrogen-bond acceptors (Lipinski definition) is 7. The maximum Gasteiger partial charge on any atom is 0.266 e. The van der Waals surface area contributed by atoms with E-state index in [1.165, 1.54) is 0 Å². The van der Waals surface area contributed by atoms with Crippen molar-refractivity contribution in [2.24, 2.45) is 10.1 Å². The van der Waals surface area contributed by atoms with E-state index in [0.717, 1.165) is 5.56 Å². The molecule has 0 aromatic heterocycles. The maximum absolute atomic E-state index is 13.8. The lowest BCUT2D eigenvalue weighted by molar-refractivity contribution is -0.129. The SMILES string of the molecule is C[C@@H]1OC(c2ccc(OCCCO)cc2)=N[C@]1(Cc1ccccc1N=[N+]=[N-])C(=O)NNCCc1cccc(Cl)c1. The predicted molar refractivity (Wildman–Crippen MR) is 154 cm³/mol.